The molecule has 1 atom stereocenters. The molecule has 1 aromatic heterocycles. The minimum atomic E-state index is -1.25. The van der Waals surface area contributed by atoms with Crippen molar-refractivity contribution in [3.63, 3.8) is 0 Å². The molecule has 0 amide bonds. The first kappa shape index (κ1) is 12.9. The summed E-state index contributed by atoms with van der Waals surface area (Å²) in [5.74, 6) is -2.33. The molecule has 17 heavy (non-hydrogen) atoms. The maximum atomic E-state index is 10.8. The molecule has 1 rings (SSSR count). The number of aryl methyl sites for hydroxylation is 2. The summed E-state index contributed by atoms with van der Waals surface area (Å²) in [7, 11) is 0. The van der Waals surface area contributed by atoms with Gasteiger partial charge >= 0.3 is 11.9 Å². The van der Waals surface area contributed by atoms with Crippen molar-refractivity contribution in [2.24, 2.45) is 0 Å². The van der Waals surface area contributed by atoms with Gasteiger partial charge in [-0.15, -0.1) is 0 Å². The summed E-state index contributed by atoms with van der Waals surface area (Å²) >= 11 is 0. The van der Waals surface area contributed by atoms with E-state index < -0.39 is 24.4 Å². The van der Waals surface area contributed by atoms with Gasteiger partial charge in [-0.05, 0) is 19.9 Å². The molecule has 0 aliphatic heterocycles. The lowest BCUT2D eigenvalue weighted by Crippen LogP contribution is -2.32. The fourth-order valence-electron chi connectivity index (χ4n) is 1.32. The van der Waals surface area contributed by atoms with Crippen molar-refractivity contribution in [2.75, 3.05) is 5.32 Å². The van der Waals surface area contributed by atoms with E-state index in [4.69, 9.17) is 10.2 Å². The van der Waals surface area contributed by atoms with Gasteiger partial charge in [0.15, 0.2) is 0 Å². The van der Waals surface area contributed by atoms with Crippen molar-refractivity contribution in [3.05, 3.63) is 17.5 Å². The smallest absolute Gasteiger partial charge is 0.326 e. The zero-order valence-electron chi connectivity index (χ0n) is 9.47. The highest BCUT2D eigenvalue weighted by molar-refractivity contribution is 5.82. The molecule has 0 spiro atoms. The number of nitrogens with zero attached hydrogens (tertiary/aromatic N) is 2. The first-order valence-corrected chi connectivity index (χ1v) is 4.92. The van der Waals surface area contributed by atoms with Crippen molar-refractivity contribution in [2.45, 2.75) is 26.3 Å². The summed E-state index contributed by atoms with van der Waals surface area (Å²) in [5, 5.41) is 19.9. The summed E-state index contributed by atoms with van der Waals surface area (Å²) in [6, 6.07) is 0.492. The van der Waals surface area contributed by atoms with Crippen molar-refractivity contribution in [1.29, 1.82) is 0 Å². The van der Waals surface area contributed by atoms with Crippen LogP contribution in [-0.4, -0.2) is 38.2 Å². The van der Waals surface area contributed by atoms with Crippen LogP contribution in [0.25, 0.3) is 0 Å². The van der Waals surface area contributed by atoms with E-state index in [-0.39, 0.29) is 5.95 Å². The molecule has 0 saturated heterocycles. The van der Waals surface area contributed by atoms with Crippen LogP contribution in [0, 0.1) is 13.8 Å². The molecule has 0 aliphatic carbocycles. The number of hydrogen-bond donors (Lipinski definition) is 3. The Kier molecular flexibility index (Phi) is 3.97. The second-order valence-electron chi connectivity index (χ2n) is 3.61. The number of carboxylic acids is 2. The Hall–Kier alpha value is -2.18. The van der Waals surface area contributed by atoms with Crippen LogP contribution in [0.5, 0.6) is 0 Å². The standard InChI is InChI=1S/C10H13N3O4/c1-5-3-6(2)12-10(11-5)13-7(9(16)17)4-8(14)15/h3,7H,4H2,1-2H3,(H,14,15)(H,16,17)(H,11,12,13). The lowest BCUT2D eigenvalue weighted by Gasteiger charge is -2.12. The Morgan fingerprint density at radius 2 is 1.82 bits per heavy atom. The second kappa shape index (κ2) is 5.24. The molecule has 3 N–H and O–H groups in total. The Morgan fingerprint density at radius 3 is 2.24 bits per heavy atom. The van der Waals surface area contributed by atoms with Crippen molar-refractivity contribution in [3.8, 4) is 0 Å². The molecular formula is C10H13N3O4. The minimum absolute atomic E-state index is 0.121. The number of anilines is 1. The Labute approximate surface area is 97.5 Å². The number of carboxylic acid groups (broad SMARTS) is 2. The predicted octanol–water partition coefficient (Wildman–Crippen LogP) is 0.433. The van der Waals surface area contributed by atoms with Gasteiger partial charge in [0.2, 0.25) is 5.95 Å². The van der Waals surface area contributed by atoms with Gasteiger partial charge in [-0.25, -0.2) is 14.8 Å². The van der Waals surface area contributed by atoms with E-state index in [2.05, 4.69) is 15.3 Å². The number of carbonyl (C=O) groups is 2. The van der Waals surface area contributed by atoms with Gasteiger partial charge in [0, 0.05) is 11.4 Å². The van der Waals surface area contributed by atoms with E-state index in [1.54, 1.807) is 19.9 Å². The van der Waals surface area contributed by atoms with E-state index >= 15 is 0 Å². The molecule has 0 radical (unpaired) electrons. The van der Waals surface area contributed by atoms with Gasteiger partial charge in [0.25, 0.3) is 0 Å². The Bertz CT molecular complexity index is 427. The van der Waals surface area contributed by atoms with E-state index in [0.29, 0.717) is 11.4 Å². The quantitative estimate of drug-likeness (QED) is 0.683. The summed E-state index contributed by atoms with van der Waals surface area (Å²) in [6.07, 6.45) is -0.536. The van der Waals surface area contributed by atoms with Crippen LogP contribution < -0.4 is 5.32 Å². The van der Waals surface area contributed by atoms with Gasteiger partial charge in [-0.3, -0.25) is 4.79 Å². The van der Waals surface area contributed by atoms with Gasteiger partial charge in [-0.2, -0.15) is 0 Å². The van der Waals surface area contributed by atoms with Crippen LogP contribution in [0.3, 0.4) is 0 Å². The molecule has 1 heterocycles. The number of rotatable bonds is 5. The zero-order chi connectivity index (χ0) is 13.0. The zero-order valence-corrected chi connectivity index (χ0v) is 9.47. The third-order valence-corrected chi connectivity index (χ3v) is 1.96. The van der Waals surface area contributed by atoms with Crippen LogP contribution >= 0.6 is 0 Å². The lowest BCUT2D eigenvalue weighted by molar-refractivity contribution is -0.144. The van der Waals surface area contributed by atoms with Crippen LogP contribution in [0.4, 0.5) is 5.95 Å². The van der Waals surface area contributed by atoms with E-state index in [9.17, 15) is 9.59 Å². The van der Waals surface area contributed by atoms with E-state index in [1.807, 2.05) is 0 Å². The molecule has 92 valence electrons. The first-order valence-electron chi connectivity index (χ1n) is 4.92. The topological polar surface area (TPSA) is 112 Å². The van der Waals surface area contributed by atoms with Crippen LogP contribution in [0.15, 0.2) is 6.07 Å². The van der Waals surface area contributed by atoms with Crippen molar-refractivity contribution >= 4 is 17.9 Å². The van der Waals surface area contributed by atoms with Gasteiger partial charge in [0.1, 0.15) is 6.04 Å². The molecule has 0 aliphatic rings. The van der Waals surface area contributed by atoms with Gasteiger partial charge in [-0.1, -0.05) is 0 Å². The molecule has 1 unspecified atom stereocenters. The van der Waals surface area contributed by atoms with Crippen molar-refractivity contribution in [1.82, 2.24) is 9.97 Å². The molecule has 0 bridgehead atoms. The highest BCUT2D eigenvalue weighted by Gasteiger charge is 2.21. The van der Waals surface area contributed by atoms with E-state index in [0.717, 1.165) is 0 Å². The Morgan fingerprint density at radius 1 is 1.29 bits per heavy atom. The first-order chi connectivity index (χ1) is 7.88. The average Bonchev–Trinajstić information content (AvgIpc) is 2.13. The van der Waals surface area contributed by atoms with Crippen LogP contribution in [0.2, 0.25) is 0 Å². The van der Waals surface area contributed by atoms with Gasteiger partial charge < -0.3 is 15.5 Å². The maximum absolute atomic E-state index is 10.8. The maximum Gasteiger partial charge on any atom is 0.326 e. The summed E-state index contributed by atoms with van der Waals surface area (Å²) < 4.78 is 0. The monoisotopic (exact) mass is 239 g/mol. The minimum Gasteiger partial charge on any atom is -0.481 e. The van der Waals surface area contributed by atoms with E-state index in [1.165, 1.54) is 0 Å². The summed E-state index contributed by atoms with van der Waals surface area (Å²) in [6.45, 7) is 3.49. The molecule has 0 saturated carbocycles. The lowest BCUT2D eigenvalue weighted by atomic mass is 10.2. The SMILES string of the molecule is Cc1cc(C)nc(NC(CC(=O)O)C(=O)O)n1. The largest absolute Gasteiger partial charge is 0.481 e. The van der Waals surface area contributed by atoms with Gasteiger partial charge in [0.05, 0.1) is 6.42 Å². The Balaban J connectivity index is 2.85. The third kappa shape index (κ3) is 4.06. The molecule has 1 aromatic rings. The number of aromatic nitrogens is 2. The fraction of sp³-hybridized carbons (Fsp3) is 0.400. The highest BCUT2D eigenvalue weighted by Crippen LogP contribution is 2.07. The predicted molar refractivity (Wildman–Crippen MR) is 58.8 cm³/mol. The molecular weight excluding hydrogens is 226 g/mol. The van der Waals surface area contributed by atoms with Crippen LogP contribution in [-0.2, 0) is 9.59 Å². The highest BCUT2D eigenvalue weighted by atomic mass is 16.4. The number of hydrogen-bond acceptors (Lipinski definition) is 5. The molecule has 0 aromatic carbocycles. The summed E-state index contributed by atoms with van der Waals surface area (Å²) in [4.78, 5) is 29.3. The number of aliphatic carboxylic acids is 2. The molecule has 7 heteroatoms. The number of nitrogens with one attached hydrogen (secondary N) is 1. The normalized spacial score (nSPS) is 11.9. The molecule has 7 nitrogen and oxygen atoms in total. The van der Waals surface area contributed by atoms with Crippen LogP contribution in [0.1, 0.15) is 17.8 Å². The summed E-state index contributed by atoms with van der Waals surface area (Å²) in [5.41, 5.74) is 1.36. The van der Waals surface area contributed by atoms with Crippen molar-refractivity contribution < 1.29 is 19.8 Å². The third-order valence-electron chi connectivity index (χ3n) is 1.96. The fourth-order valence-corrected chi connectivity index (χ4v) is 1.32. The molecule has 0 fully saturated rings. The second-order valence-corrected chi connectivity index (χ2v) is 3.61. The average molecular weight is 239 g/mol.